The van der Waals surface area contributed by atoms with Crippen molar-refractivity contribution in [1.82, 2.24) is 29.5 Å². The van der Waals surface area contributed by atoms with Gasteiger partial charge in [0.25, 0.3) is 0 Å². The van der Waals surface area contributed by atoms with Gasteiger partial charge < -0.3 is 26.0 Å². The van der Waals surface area contributed by atoms with Crippen molar-refractivity contribution in [2.24, 2.45) is 0 Å². The number of anilines is 2. The van der Waals surface area contributed by atoms with Crippen LogP contribution in [0.25, 0.3) is 11.2 Å². The quantitative estimate of drug-likeness (QED) is 0.297. The lowest BCUT2D eigenvalue weighted by Crippen LogP contribution is -2.32. The molecule has 0 aromatic carbocycles. The van der Waals surface area contributed by atoms with Gasteiger partial charge in [0.2, 0.25) is 0 Å². The van der Waals surface area contributed by atoms with Crippen LogP contribution >= 0.6 is 23.4 Å². The second kappa shape index (κ2) is 8.63. The summed E-state index contributed by atoms with van der Waals surface area (Å²) in [5.74, 6) is 2.13. The lowest BCUT2D eigenvalue weighted by atomic mass is 10.1. The molecule has 1 fully saturated rings. The number of hydrogen-bond acceptors (Lipinski definition) is 11. The molecular formula is C16H19ClN8O3S. The van der Waals surface area contributed by atoms with E-state index in [0.29, 0.717) is 34.4 Å². The number of fused-ring (bicyclic) bond motifs is 1. The Morgan fingerprint density at radius 3 is 2.83 bits per heavy atom. The van der Waals surface area contributed by atoms with Crippen molar-refractivity contribution in [1.29, 1.82) is 0 Å². The van der Waals surface area contributed by atoms with Crippen LogP contribution in [0.1, 0.15) is 6.23 Å². The number of nitrogen functional groups attached to an aromatic ring is 1. The summed E-state index contributed by atoms with van der Waals surface area (Å²) in [5, 5.41) is 24.4. The molecule has 0 spiro atoms. The third-order valence-corrected chi connectivity index (χ3v) is 5.73. The van der Waals surface area contributed by atoms with E-state index in [1.807, 2.05) is 0 Å². The molecule has 1 aliphatic rings. The highest BCUT2D eigenvalue weighted by molar-refractivity contribution is 7.99. The van der Waals surface area contributed by atoms with Crippen LogP contribution in [-0.4, -0.2) is 76.1 Å². The zero-order valence-electron chi connectivity index (χ0n) is 15.1. The maximum atomic E-state index is 10.5. The summed E-state index contributed by atoms with van der Waals surface area (Å²) in [6, 6.07) is 1.64. The molecule has 4 rings (SSSR count). The van der Waals surface area contributed by atoms with Crippen molar-refractivity contribution in [3.63, 3.8) is 0 Å². The Kier molecular flexibility index (Phi) is 5.96. The van der Waals surface area contributed by atoms with Crippen LogP contribution in [0.3, 0.4) is 0 Å². The molecule has 0 amide bonds. The highest BCUT2D eigenvalue weighted by Crippen LogP contribution is 2.33. The van der Waals surface area contributed by atoms with E-state index in [4.69, 9.17) is 22.1 Å². The first-order chi connectivity index (χ1) is 14.0. The zero-order chi connectivity index (χ0) is 20.4. The lowest BCUT2D eigenvalue weighted by Gasteiger charge is -2.16. The second-order valence-corrected chi connectivity index (χ2v) is 7.89. The molecule has 0 bridgehead atoms. The Morgan fingerprint density at radius 1 is 1.17 bits per heavy atom. The van der Waals surface area contributed by atoms with Gasteiger partial charge in [-0.25, -0.2) is 24.9 Å². The molecule has 154 valence electrons. The number of ether oxygens (including phenoxy) is 1. The van der Waals surface area contributed by atoms with Gasteiger partial charge in [0.15, 0.2) is 17.7 Å². The maximum Gasteiger partial charge on any atom is 0.167 e. The average Bonchev–Trinajstić information content (AvgIpc) is 3.25. The number of nitrogens with two attached hydrogens (primary N) is 1. The van der Waals surface area contributed by atoms with Crippen molar-refractivity contribution >= 4 is 46.2 Å². The van der Waals surface area contributed by atoms with Crippen molar-refractivity contribution < 1.29 is 14.9 Å². The minimum Gasteiger partial charge on any atom is -0.387 e. The molecule has 3 aromatic heterocycles. The summed E-state index contributed by atoms with van der Waals surface area (Å²) < 4.78 is 7.46. The molecule has 1 aliphatic heterocycles. The summed E-state index contributed by atoms with van der Waals surface area (Å²) >= 11 is 7.40. The van der Waals surface area contributed by atoms with Gasteiger partial charge in [-0.2, -0.15) is 11.8 Å². The number of aliphatic hydroxyl groups is 2. The van der Waals surface area contributed by atoms with Gasteiger partial charge in [-0.1, -0.05) is 11.6 Å². The van der Waals surface area contributed by atoms with Crippen LogP contribution < -0.4 is 11.1 Å². The van der Waals surface area contributed by atoms with E-state index in [1.165, 1.54) is 19.0 Å². The first-order valence-corrected chi connectivity index (χ1v) is 10.3. The van der Waals surface area contributed by atoms with Crippen LogP contribution in [0.4, 0.5) is 11.6 Å². The van der Waals surface area contributed by atoms with E-state index >= 15 is 0 Å². The topological polar surface area (TPSA) is 157 Å². The minimum absolute atomic E-state index is 0.242. The molecule has 3 aromatic rings. The molecular weight excluding hydrogens is 420 g/mol. The third-order valence-electron chi connectivity index (χ3n) is 4.47. The van der Waals surface area contributed by atoms with E-state index in [1.54, 1.807) is 22.4 Å². The molecule has 0 unspecified atom stereocenters. The van der Waals surface area contributed by atoms with Gasteiger partial charge in [-0.05, 0) is 0 Å². The molecule has 0 radical (unpaired) electrons. The molecule has 0 saturated carbocycles. The van der Waals surface area contributed by atoms with Crippen molar-refractivity contribution in [2.45, 2.75) is 24.5 Å². The average molecular weight is 439 g/mol. The van der Waals surface area contributed by atoms with Crippen LogP contribution in [0, 0.1) is 0 Å². The van der Waals surface area contributed by atoms with Crippen molar-refractivity contribution in [3.8, 4) is 0 Å². The van der Waals surface area contributed by atoms with Crippen molar-refractivity contribution in [3.05, 3.63) is 30.2 Å². The Hall–Kier alpha value is -2.25. The Labute approximate surface area is 174 Å². The summed E-state index contributed by atoms with van der Waals surface area (Å²) in [5.41, 5.74) is 6.66. The Balaban J connectivity index is 1.32. The Bertz CT molecular complexity index is 992. The standard InChI is InChI=1S/C16H19ClN8O3S/c17-9-3-10(21-5-20-9)19-1-2-29-4-8-12(26)13(27)16(28-8)25-7-24-11-14(18)22-6-23-15(11)25/h3,5-8,12-13,16,26-27H,1-2,4H2,(H2,18,22,23)(H,19,20,21)/t8-,12-,13-,16+/m0/s1. The smallest absolute Gasteiger partial charge is 0.167 e. The van der Waals surface area contributed by atoms with E-state index in [9.17, 15) is 10.2 Å². The number of hydrogen-bond donors (Lipinski definition) is 4. The normalized spacial score (nSPS) is 24.2. The molecule has 5 N–H and O–H groups in total. The van der Waals surface area contributed by atoms with Gasteiger partial charge in [-0.15, -0.1) is 0 Å². The molecule has 1 saturated heterocycles. The molecule has 11 nitrogen and oxygen atoms in total. The molecule has 13 heteroatoms. The minimum atomic E-state index is -1.12. The fourth-order valence-corrected chi connectivity index (χ4v) is 4.10. The summed E-state index contributed by atoms with van der Waals surface area (Å²) in [7, 11) is 0. The molecule has 0 aliphatic carbocycles. The van der Waals surface area contributed by atoms with E-state index in [0.717, 1.165) is 5.75 Å². The van der Waals surface area contributed by atoms with Crippen LogP contribution in [0.5, 0.6) is 0 Å². The number of thioether (sulfide) groups is 1. The van der Waals surface area contributed by atoms with E-state index in [2.05, 4.69) is 30.2 Å². The lowest BCUT2D eigenvalue weighted by molar-refractivity contribution is -0.0288. The molecule has 4 atom stereocenters. The summed E-state index contributed by atoms with van der Waals surface area (Å²) in [6.45, 7) is 0.648. The number of rotatable bonds is 7. The summed E-state index contributed by atoms with van der Waals surface area (Å²) in [6.07, 6.45) is 0.691. The van der Waals surface area contributed by atoms with Gasteiger partial charge in [0.05, 0.1) is 12.4 Å². The zero-order valence-corrected chi connectivity index (χ0v) is 16.7. The number of nitrogens with zero attached hydrogens (tertiary/aromatic N) is 6. The first-order valence-electron chi connectivity index (χ1n) is 8.78. The first kappa shape index (κ1) is 20.0. The van der Waals surface area contributed by atoms with E-state index in [-0.39, 0.29) is 5.82 Å². The fraction of sp³-hybridized carbons (Fsp3) is 0.438. The van der Waals surface area contributed by atoms with Crippen LogP contribution in [-0.2, 0) is 4.74 Å². The molecule has 29 heavy (non-hydrogen) atoms. The summed E-state index contributed by atoms with van der Waals surface area (Å²) in [4.78, 5) is 20.1. The van der Waals surface area contributed by atoms with Crippen molar-refractivity contribution in [2.75, 3.05) is 29.1 Å². The second-order valence-electron chi connectivity index (χ2n) is 6.36. The van der Waals surface area contributed by atoms with E-state index < -0.39 is 24.5 Å². The van der Waals surface area contributed by atoms with Gasteiger partial charge >= 0.3 is 0 Å². The highest BCUT2D eigenvalue weighted by atomic mass is 35.5. The monoisotopic (exact) mass is 438 g/mol. The number of halogens is 1. The number of imidazole rings is 1. The van der Waals surface area contributed by atoms with Gasteiger partial charge in [0, 0.05) is 24.1 Å². The van der Waals surface area contributed by atoms with Crippen LogP contribution in [0.15, 0.2) is 25.0 Å². The van der Waals surface area contributed by atoms with Gasteiger partial charge in [-0.3, -0.25) is 4.57 Å². The SMILES string of the molecule is Nc1ncnc2c1ncn2[C@@H]1O[C@@H](CSCCNc2cc(Cl)ncn2)[C@H](O)[C@@H]1O. The third kappa shape index (κ3) is 4.21. The highest BCUT2D eigenvalue weighted by Gasteiger charge is 2.44. The predicted molar refractivity (Wildman–Crippen MR) is 109 cm³/mol. The largest absolute Gasteiger partial charge is 0.387 e. The molecule has 4 heterocycles. The predicted octanol–water partition coefficient (Wildman–Crippen LogP) is 0.316. The van der Waals surface area contributed by atoms with Crippen LogP contribution in [0.2, 0.25) is 5.15 Å². The number of aliphatic hydroxyl groups excluding tert-OH is 2. The van der Waals surface area contributed by atoms with Gasteiger partial charge in [0.1, 0.15) is 41.4 Å². The fourth-order valence-electron chi connectivity index (χ4n) is 3.03. The maximum absolute atomic E-state index is 10.5. The Morgan fingerprint density at radius 2 is 2.00 bits per heavy atom. The number of nitrogens with one attached hydrogen (secondary N) is 1. The number of aromatic nitrogens is 6.